The minimum absolute atomic E-state index is 0.0388. The van der Waals surface area contributed by atoms with Crippen molar-refractivity contribution in [3.05, 3.63) is 106 Å². The van der Waals surface area contributed by atoms with Crippen LogP contribution in [0.15, 0.2) is 85.0 Å². The average molecular weight is 605 g/mol. The van der Waals surface area contributed by atoms with Crippen LogP contribution in [0.3, 0.4) is 0 Å². The lowest BCUT2D eigenvalue weighted by atomic mass is 9.72. The lowest BCUT2D eigenvalue weighted by Gasteiger charge is -2.44. The first kappa shape index (κ1) is 29.2. The number of anilines is 2. The van der Waals surface area contributed by atoms with E-state index in [1.165, 1.54) is 6.07 Å². The quantitative estimate of drug-likeness (QED) is 0.201. The van der Waals surface area contributed by atoms with E-state index in [2.05, 4.69) is 32.7 Å². The number of aromatic nitrogens is 3. The van der Waals surface area contributed by atoms with Gasteiger partial charge in [-0.15, -0.1) is 0 Å². The van der Waals surface area contributed by atoms with Gasteiger partial charge in [-0.1, -0.05) is 60.8 Å². The third kappa shape index (κ3) is 5.98. The van der Waals surface area contributed by atoms with E-state index in [1.807, 2.05) is 48.2 Å². The lowest BCUT2D eigenvalue weighted by Crippen LogP contribution is -2.52. The van der Waals surface area contributed by atoms with E-state index in [0.29, 0.717) is 41.0 Å². The number of nitrogens with zero attached hydrogens (tertiary/aromatic N) is 3. The minimum Gasteiger partial charge on any atom is -0.384 e. The Hall–Kier alpha value is -4.34. The summed E-state index contributed by atoms with van der Waals surface area (Å²) < 4.78 is 0. The molecule has 1 aliphatic rings. The summed E-state index contributed by atoms with van der Waals surface area (Å²) in [6.07, 6.45) is 5.99. The second-order valence-corrected chi connectivity index (χ2v) is 11.2. The number of halogens is 2. The molecule has 2 unspecified atom stereocenters. The molecule has 1 aliphatic heterocycles. The highest BCUT2D eigenvalue weighted by atomic mass is 35.5. The Balaban J connectivity index is 1.52. The van der Waals surface area contributed by atoms with Crippen LogP contribution in [-0.2, 0) is 11.3 Å². The molecule has 2 aromatic carbocycles. The van der Waals surface area contributed by atoms with E-state index in [1.54, 1.807) is 36.7 Å². The molecule has 42 heavy (non-hydrogen) atoms. The number of benzene rings is 2. The molecule has 5 rings (SSSR count). The Morgan fingerprint density at radius 3 is 2.60 bits per heavy atom. The van der Waals surface area contributed by atoms with Gasteiger partial charge < -0.3 is 21.3 Å². The van der Waals surface area contributed by atoms with Crippen LogP contribution in [0.4, 0.5) is 11.5 Å². The summed E-state index contributed by atoms with van der Waals surface area (Å²) >= 11 is 13.0. The number of H-pyrrole nitrogens is 1. The molecule has 0 saturated heterocycles. The molecular formula is C31H31Cl2N7O2. The molecule has 5 N–H and O–H groups in total. The molecule has 2 aromatic heterocycles. The maximum Gasteiger partial charge on any atom is 0.258 e. The van der Waals surface area contributed by atoms with E-state index in [9.17, 15) is 9.59 Å². The number of nitrogens with two attached hydrogens (primary N) is 1. The van der Waals surface area contributed by atoms with Crippen LogP contribution in [0.2, 0.25) is 10.0 Å². The van der Waals surface area contributed by atoms with E-state index >= 15 is 0 Å². The second kappa shape index (κ2) is 12.3. The van der Waals surface area contributed by atoms with Gasteiger partial charge in [0.15, 0.2) is 0 Å². The smallest absolute Gasteiger partial charge is 0.258 e. The van der Waals surface area contributed by atoms with Crippen molar-refractivity contribution in [3.63, 3.8) is 0 Å². The first-order valence-electron chi connectivity index (χ1n) is 13.5. The standard InChI is InChI=1S/C31H31Cl2N7O2/c1-3-20-18-40(21-8-5-4-6-9-21)28(14-31(20,2)30(42)35-15-19-16-36-37-17-19)39-29(41)23-12-22(24(32)13-25(23)33)26-10-7-11-27(34)38-26/h4-14,16-17,20H,3,15,18H2,1-2H3,(H2,34,38)(H,35,42)(H,36,37)(H,39,41). The van der Waals surface area contributed by atoms with Gasteiger partial charge in [0.1, 0.15) is 11.6 Å². The fourth-order valence-electron chi connectivity index (χ4n) is 5.20. The van der Waals surface area contributed by atoms with Gasteiger partial charge >= 0.3 is 0 Å². The molecular weight excluding hydrogens is 573 g/mol. The van der Waals surface area contributed by atoms with Crippen LogP contribution >= 0.6 is 23.2 Å². The highest BCUT2D eigenvalue weighted by Gasteiger charge is 2.44. The van der Waals surface area contributed by atoms with Gasteiger partial charge in [-0.2, -0.15) is 5.10 Å². The Morgan fingerprint density at radius 2 is 1.90 bits per heavy atom. The number of hydrogen-bond acceptors (Lipinski definition) is 6. The number of aromatic amines is 1. The monoisotopic (exact) mass is 603 g/mol. The van der Waals surface area contributed by atoms with Gasteiger partial charge in [0.05, 0.1) is 32.9 Å². The SMILES string of the molecule is CCC1CN(c2ccccc2)C(NC(=O)c2cc(-c3cccc(N)n3)c(Cl)cc2Cl)=CC1(C)C(=O)NCc1cn[nH]c1. The summed E-state index contributed by atoms with van der Waals surface area (Å²) in [5.41, 5.74) is 7.96. The molecule has 0 spiro atoms. The Labute approximate surface area is 254 Å². The second-order valence-electron chi connectivity index (χ2n) is 10.4. The fraction of sp³-hybridized carbons (Fsp3) is 0.226. The van der Waals surface area contributed by atoms with Crippen LogP contribution in [0, 0.1) is 11.3 Å². The van der Waals surface area contributed by atoms with Crippen molar-refractivity contribution in [1.29, 1.82) is 0 Å². The van der Waals surface area contributed by atoms with Crippen molar-refractivity contribution in [3.8, 4) is 11.3 Å². The van der Waals surface area contributed by atoms with Gasteiger partial charge in [-0.25, -0.2) is 4.98 Å². The summed E-state index contributed by atoms with van der Waals surface area (Å²) in [4.78, 5) is 33.9. The van der Waals surface area contributed by atoms with Gasteiger partial charge in [-0.05, 0) is 55.3 Å². The number of rotatable bonds is 8. The number of carbonyl (C=O) groups is 2. The maximum absolute atomic E-state index is 13.8. The molecule has 0 fully saturated rings. The van der Waals surface area contributed by atoms with Gasteiger partial charge in [-0.3, -0.25) is 14.7 Å². The van der Waals surface area contributed by atoms with Gasteiger partial charge in [0, 0.05) is 36.1 Å². The predicted molar refractivity (Wildman–Crippen MR) is 166 cm³/mol. The predicted octanol–water partition coefficient (Wildman–Crippen LogP) is 5.80. The highest BCUT2D eigenvalue weighted by molar-refractivity contribution is 6.38. The largest absolute Gasteiger partial charge is 0.384 e. The van der Waals surface area contributed by atoms with Gasteiger partial charge in [0.25, 0.3) is 5.91 Å². The first-order chi connectivity index (χ1) is 20.2. The third-order valence-electron chi connectivity index (χ3n) is 7.63. The van der Waals surface area contributed by atoms with Crippen molar-refractivity contribution in [2.75, 3.05) is 17.2 Å². The first-order valence-corrected chi connectivity index (χ1v) is 14.3. The normalized spacial score (nSPS) is 18.3. The van der Waals surface area contributed by atoms with E-state index in [-0.39, 0.29) is 22.4 Å². The highest BCUT2D eigenvalue weighted by Crippen LogP contribution is 2.40. The number of para-hydroxylation sites is 1. The Morgan fingerprint density at radius 1 is 1.12 bits per heavy atom. The molecule has 3 heterocycles. The molecule has 11 heteroatoms. The van der Waals surface area contributed by atoms with Crippen LogP contribution in [0.5, 0.6) is 0 Å². The summed E-state index contributed by atoms with van der Waals surface area (Å²) in [7, 11) is 0. The van der Waals surface area contributed by atoms with E-state index < -0.39 is 11.3 Å². The third-order valence-corrected chi connectivity index (χ3v) is 8.25. The van der Waals surface area contributed by atoms with Crippen molar-refractivity contribution < 1.29 is 9.59 Å². The molecule has 216 valence electrons. The van der Waals surface area contributed by atoms with Crippen molar-refractivity contribution in [1.82, 2.24) is 25.8 Å². The van der Waals surface area contributed by atoms with E-state index in [0.717, 1.165) is 17.7 Å². The summed E-state index contributed by atoms with van der Waals surface area (Å²) in [6, 6.07) is 18.0. The number of nitrogens with one attached hydrogen (secondary N) is 3. The maximum atomic E-state index is 13.8. The van der Waals surface area contributed by atoms with Crippen LogP contribution in [0.1, 0.15) is 36.2 Å². The lowest BCUT2D eigenvalue weighted by molar-refractivity contribution is -0.130. The molecule has 0 bridgehead atoms. The molecule has 9 nitrogen and oxygen atoms in total. The number of amides is 2. The minimum atomic E-state index is -0.910. The molecule has 0 aliphatic carbocycles. The molecule has 2 amide bonds. The van der Waals surface area contributed by atoms with Crippen LogP contribution in [-0.4, -0.2) is 33.5 Å². The van der Waals surface area contributed by atoms with Crippen molar-refractivity contribution in [2.24, 2.45) is 11.3 Å². The zero-order chi connectivity index (χ0) is 29.9. The molecule has 4 aromatic rings. The summed E-state index contributed by atoms with van der Waals surface area (Å²) in [6.45, 7) is 4.81. The van der Waals surface area contributed by atoms with Crippen molar-refractivity contribution >= 4 is 46.5 Å². The van der Waals surface area contributed by atoms with Crippen LogP contribution in [0.25, 0.3) is 11.3 Å². The average Bonchev–Trinajstić information content (AvgIpc) is 3.50. The number of pyridine rings is 1. The topological polar surface area (TPSA) is 129 Å². The van der Waals surface area contributed by atoms with E-state index in [4.69, 9.17) is 28.9 Å². The fourth-order valence-corrected chi connectivity index (χ4v) is 5.77. The zero-order valence-corrected chi connectivity index (χ0v) is 24.7. The van der Waals surface area contributed by atoms with Gasteiger partial charge in [0.2, 0.25) is 5.91 Å². The Bertz CT molecular complexity index is 1630. The number of nitrogen functional groups attached to an aromatic ring is 1. The molecule has 0 saturated carbocycles. The van der Waals surface area contributed by atoms with Crippen molar-refractivity contribution in [2.45, 2.75) is 26.8 Å². The summed E-state index contributed by atoms with van der Waals surface area (Å²) in [5, 5.41) is 13.3. The van der Waals surface area contributed by atoms with Crippen LogP contribution < -0.4 is 21.3 Å². The number of hydrogen-bond donors (Lipinski definition) is 4. The Kier molecular flexibility index (Phi) is 8.51. The zero-order valence-electron chi connectivity index (χ0n) is 23.2. The molecule has 0 radical (unpaired) electrons. The molecule has 2 atom stereocenters. The summed E-state index contributed by atoms with van der Waals surface area (Å²) in [5.74, 6) is 0.167. The number of carbonyl (C=O) groups excluding carboxylic acids is 2.